The molecular weight excluding hydrogens is 532 g/mol. The molecule has 6 rings (SSSR count). The molecule has 1 saturated heterocycles. The summed E-state index contributed by atoms with van der Waals surface area (Å²) in [5, 5.41) is 12.8. The molecule has 0 aromatic heterocycles. The minimum absolute atomic E-state index is 0.0883. The summed E-state index contributed by atoms with van der Waals surface area (Å²) >= 11 is 0. The van der Waals surface area contributed by atoms with E-state index in [4.69, 9.17) is 9.47 Å². The fourth-order valence-corrected chi connectivity index (χ4v) is 7.05. The number of alkyl carbamates (subject to hydrolysis) is 1. The Hall–Kier alpha value is -4.17. The van der Waals surface area contributed by atoms with Crippen molar-refractivity contribution in [1.82, 2.24) is 10.2 Å². The number of fused-ring (bicyclic) bond motifs is 4. The first kappa shape index (κ1) is 28.0. The van der Waals surface area contributed by atoms with Crippen molar-refractivity contribution in [3.05, 3.63) is 95.6 Å². The summed E-state index contributed by atoms with van der Waals surface area (Å²) in [6.45, 7) is 2.63. The number of aliphatic carboxylic acids is 1. The van der Waals surface area contributed by atoms with E-state index in [-0.39, 0.29) is 37.5 Å². The summed E-state index contributed by atoms with van der Waals surface area (Å²) < 4.78 is 11.8. The lowest BCUT2D eigenvalue weighted by atomic mass is 9.81. The molecule has 0 spiro atoms. The topological polar surface area (TPSA) is 105 Å². The van der Waals surface area contributed by atoms with Crippen molar-refractivity contribution < 1.29 is 29.0 Å². The third kappa shape index (κ3) is 5.15. The predicted molar refractivity (Wildman–Crippen MR) is 157 cm³/mol. The highest BCUT2D eigenvalue weighted by molar-refractivity contribution is 5.88. The molecule has 1 heterocycles. The summed E-state index contributed by atoms with van der Waals surface area (Å²) in [4.78, 5) is 41.0. The van der Waals surface area contributed by atoms with Gasteiger partial charge in [-0.1, -0.05) is 85.3 Å². The van der Waals surface area contributed by atoms with Crippen molar-refractivity contribution >= 4 is 18.0 Å². The minimum Gasteiger partial charge on any atom is -0.481 e. The molecule has 218 valence electrons. The Kier molecular flexibility index (Phi) is 7.73. The zero-order valence-corrected chi connectivity index (χ0v) is 23.7. The molecule has 0 bridgehead atoms. The maximum Gasteiger partial charge on any atom is 0.407 e. The molecule has 0 radical (unpaired) electrons. The molecule has 2 fully saturated rings. The molecule has 42 heavy (non-hydrogen) atoms. The molecule has 2 N–H and O–H groups in total. The van der Waals surface area contributed by atoms with Crippen molar-refractivity contribution in [3.63, 3.8) is 0 Å². The molecule has 4 atom stereocenters. The Labute approximate surface area is 245 Å². The number of rotatable bonds is 9. The van der Waals surface area contributed by atoms with E-state index in [1.54, 1.807) is 11.8 Å². The average molecular weight is 569 g/mol. The molecule has 3 aromatic rings. The summed E-state index contributed by atoms with van der Waals surface area (Å²) in [6.07, 6.45) is 0.788. The van der Waals surface area contributed by atoms with Gasteiger partial charge >= 0.3 is 12.1 Å². The summed E-state index contributed by atoms with van der Waals surface area (Å²) in [5.41, 5.74) is 4.48. The van der Waals surface area contributed by atoms with Gasteiger partial charge in [0.2, 0.25) is 5.91 Å². The van der Waals surface area contributed by atoms with E-state index in [9.17, 15) is 19.5 Å². The Morgan fingerprint density at radius 2 is 1.62 bits per heavy atom. The predicted octanol–water partition coefficient (Wildman–Crippen LogP) is 5.21. The van der Waals surface area contributed by atoms with Gasteiger partial charge in [-0.2, -0.15) is 0 Å². The molecule has 2 aliphatic carbocycles. The maximum absolute atomic E-state index is 13.9. The number of nitrogens with one attached hydrogen (secondary N) is 1. The van der Waals surface area contributed by atoms with Gasteiger partial charge in [0.15, 0.2) is 0 Å². The van der Waals surface area contributed by atoms with Gasteiger partial charge in [-0.15, -0.1) is 0 Å². The van der Waals surface area contributed by atoms with Crippen LogP contribution in [0.2, 0.25) is 0 Å². The highest BCUT2D eigenvalue weighted by atomic mass is 16.5. The van der Waals surface area contributed by atoms with Crippen molar-refractivity contribution in [1.29, 1.82) is 0 Å². The molecular formula is C34H36N2O6. The second-order valence-electron chi connectivity index (χ2n) is 11.7. The Bertz CT molecular complexity index is 1430. The van der Waals surface area contributed by atoms with E-state index in [1.165, 1.54) is 0 Å². The third-order valence-electron chi connectivity index (χ3n) is 9.32. The highest BCUT2D eigenvalue weighted by Crippen LogP contribution is 2.49. The SMILES string of the molecule is C[C@H](OCc1ccccc1)[C@@H](NC(=O)OCC1c2ccccc2-c2ccccc21)C(=O)N1C[C@@H]2CCC[C@]2(C(=O)O)C1. The van der Waals surface area contributed by atoms with Crippen LogP contribution in [0.1, 0.15) is 48.8 Å². The number of carbonyl (C=O) groups excluding carboxylic acids is 2. The van der Waals surface area contributed by atoms with E-state index < -0.39 is 29.6 Å². The highest BCUT2D eigenvalue weighted by Gasteiger charge is 2.56. The molecule has 8 nitrogen and oxygen atoms in total. The van der Waals surface area contributed by atoms with E-state index >= 15 is 0 Å². The largest absolute Gasteiger partial charge is 0.481 e. The standard InChI is InChI=1S/C34H36N2O6/c1-22(41-19-23-10-3-2-4-11-23)30(31(37)36-18-24-12-9-17-34(24,21-36)32(38)39)35-33(40)42-20-29-27-15-7-5-13-25(27)26-14-6-8-16-28(26)29/h2-8,10-11,13-16,22,24,29-30H,9,12,17-21H2,1H3,(H,35,40)(H,38,39)/t22-,24-,30+,34-/m0/s1. The van der Waals surface area contributed by atoms with Crippen LogP contribution in [0.25, 0.3) is 11.1 Å². The molecule has 3 aliphatic rings. The molecule has 3 aromatic carbocycles. The number of hydrogen-bond donors (Lipinski definition) is 2. The smallest absolute Gasteiger partial charge is 0.407 e. The van der Waals surface area contributed by atoms with Crippen LogP contribution >= 0.6 is 0 Å². The van der Waals surface area contributed by atoms with E-state index in [1.807, 2.05) is 54.6 Å². The van der Waals surface area contributed by atoms with Crippen LogP contribution in [-0.4, -0.2) is 59.8 Å². The van der Waals surface area contributed by atoms with Gasteiger partial charge in [-0.25, -0.2) is 4.79 Å². The zero-order valence-electron chi connectivity index (χ0n) is 23.7. The van der Waals surface area contributed by atoms with Crippen LogP contribution in [0, 0.1) is 11.3 Å². The zero-order chi connectivity index (χ0) is 29.3. The normalized spacial score (nSPS) is 22.1. The Morgan fingerprint density at radius 1 is 0.976 bits per heavy atom. The molecule has 1 aliphatic heterocycles. The molecule has 8 heteroatoms. The quantitative estimate of drug-likeness (QED) is 0.367. The number of hydrogen-bond acceptors (Lipinski definition) is 5. The minimum atomic E-state index is -1.03. The van der Waals surface area contributed by atoms with Crippen LogP contribution in [-0.2, 0) is 25.7 Å². The van der Waals surface area contributed by atoms with Gasteiger partial charge in [0, 0.05) is 19.0 Å². The van der Waals surface area contributed by atoms with Gasteiger partial charge in [0.1, 0.15) is 12.6 Å². The number of carboxylic acids is 1. The number of carboxylic acid groups (broad SMARTS) is 1. The monoisotopic (exact) mass is 568 g/mol. The summed E-state index contributed by atoms with van der Waals surface area (Å²) in [5.74, 6) is -1.40. The lowest BCUT2D eigenvalue weighted by molar-refractivity contribution is -0.149. The van der Waals surface area contributed by atoms with Crippen molar-refractivity contribution in [2.75, 3.05) is 19.7 Å². The Balaban J connectivity index is 1.17. The van der Waals surface area contributed by atoms with Gasteiger partial charge in [-0.05, 0) is 53.5 Å². The summed E-state index contributed by atoms with van der Waals surface area (Å²) in [7, 11) is 0. The second-order valence-corrected chi connectivity index (χ2v) is 11.7. The number of amides is 2. The third-order valence-corrected chi connectivity index (χ3v) is 9.32. The second kappa shape index (κ2) is 11.6. The average Bonchev–Trinajstić information content (AvgIpc) is 3.68. The van der Waals surface area contributed by atoms with Crippen molar-refractivity contribution in [2.45, 2.75) is 50.9 Å². The molecule has 2 amide bonds. The van der Waals surface area contributed by atoms with Gasteiger partial charge in [0.05, 0.1) is 18.1 Å². The first-order chi connectivity index (χ1) is 20.4. The first-order valence-corrected chi connectivity index (χ1v) is 14.7. The van der Waals surface area contributed by atoms with Gasteiger partial charge in [0.25, 0.3) is 0 Å². The number of ether oxygens (including phenoxy) is 2. The van der Waals surface area contributed by atoms with E-state index in [0.717, 1.165) is 40.7 Å². The molecule has 1 saturated carbocycles. The van der Waals surface area contributed by atoms with Gasteiger partial charge < -0.3 is 24.8 Å². The number of nitrogens with zero attached hydrogens (tertiary/aromatic N) is 1. The molecule has 0 unspecified atom stereocenters. The fourth-order valence-electron chi connectivity index (χ4n) is 7.05. The van der Waals surface area contributed by atoms with Gasteiger partial charge in [-0.3, -0.25) is 9.59 Å². The van der Waals surface area contributed by atoms with Crippen LogP contribution in [0.4, 0.5) is 4.79 Å². The lowest BCUT2D eigenvalue weighted by Gasteiger charge is -2.30. The lowest BCUT2D eigenvalue weighted by Crippen LogP contribution is -2.54. The summed E-state index contributed by atoms with van der Waals surface area (Å²) in [6, 6.07) is 24.8. The van der Waals surface area contributed by atoms with E-state index in [2.05, 4.69) is 29.6 Å². The number of benzene rings is 3. The maximum atomic E-state index is 13.9. The number of likely N-dealkylation sites (tertiary alicyclic amines) is 1. The van der Waals surface area contributed by atoms with Crippen molar-refractivity contribution in [2.24, 2.45) is 11.3 Å². The van der Waals surface area contributed by atoms with Crippen LogP contribution in [0.15, 0.2) is 78.9 Å². The fraction of sp³-hybridized carbons (Fsp3) is 0.382. The van der Waals surface area contributed by atoms with E-state index in [0.29, 0.717) is 13.0 Å². The van der Waals surface area contributed by atoms with Crippen LogP contribution in [0.3, 0.4) is 0 Å². The van der Waals surface area contributed by atoms with Crippen LogP contribution in [0.5, 0.6) is 0 Å². The van der Waals surface area contributed by atoms with Crippen molar-refractivity contribution in [3.8, 4) is 11.1 Å². The van der Waals surface area contributed by atoms with Crippen LogP contribution < -0.4 is 5.32 Å². The first-order valence-electron chi connectivity index (χ1n) is 14.7. The number of carbonyl (C=O) groups is 3. The Morgan fingerprint density at radius 3 is 2.26 bits per heavy atom.